The molecule has 0 atom stereocenters. The normalized spacial score (nSPS) is 9.81. The van der Waals surface area contributed by atoms with Crippen LogP contribution in [0.25, 0.3) is 0 Å². The summed E-state index contributed by atoms with van der Waals surface area (Å²) < 4.78 is 0. The van der Waals surface area contributed by atoms with E-state index in [9.17, 15) is 14.4 Å². The van der Waals surface area contributed by atoms with Gasteiger partial charge in [0.15, 0.2) is 12.1 Å². The lowest BCUT2D eigenvalue weighted by Crippen LogP contribution is -2.11. The summed E-state index contributed by atoms with van der Waals surface area (Å²) in [6.07, 6.45) is 1.25. The van der Waals surface area contributed by atoms with Crippen LogP contribution in [0, 0.1) is 0 Å². The maximum absolute atomic E-state index is 11.7. The summed E-state index contributed by atoms with van der Waals surface area (Å²) in [5.41, 5.74) is 0.268. The van der Waals surface area contributed by atoms with Crippen molar-refractivity contribution in [2.24, 2.45) is 0 Å². The molecule has 0 spiro atoms. The number of hydrogen-bond donors (Lipinski definition) is 0. The van der Waals surface area contributed by atoms with Crippen LogP contribution < -0.4 is 0 Å². The fourth-order valence-corrected chi connectivity index (χ4v) is 1.94. The minimum atomic E-state index is -0.719. The Bertz CT molecular complexity index is 417. The van der Waals surface area contributed by atoms with Crippen LogP contribution in [-0.4, -0.2) is 28.6 Å². The lowest BCUT2D eigenvalue weighted by molar-refractivity contribution is -0.129. The lowest BCUT2D eigenvalue weighted by Gasteiger charge is -2.04. The fourth-order valence-electron chi connectivity index (χ4n) is 1.16. The number of ketones is 2. The third-order valence-corrected chi connectivity index (χ3v) is 2.73. The summed E-state index contributed by atoms with van der Waals surface area (Å²) in [5.74, 6) is -0.315. The highest BCUT2D eigenvalue weighted by molar-refractivity contribution is 7.99. The van der Waals surface area contributed by atoms with Crippen LogP contribution in [-0.2, 0) is 9.59 Å². The molecule has 4 nitrogen and oxygen atoms in total. The van der Waals surface area contributed by atoms with Gasteiger partial charge in [-0.25, -0.2) is 0 Å². The van der Waals surface area contributed by atoms with Gasteiger partial charge in [-0.15, -0.1) is 11.8 Å². The minimum Gasteiger partial charge on any atom is -0.295 e. The average molecular weight is 237 g/mol. The molecule has 1 aromatic heterocycles. The van der Waals surface area contributed by atoms with Crippen molar-refractivity contribution in [1.82, 2.24) is 4.98 Å². The lowest BCUT2D eigenvalue weighted by atomic mass is 10.1. The molecular weight excluding hydrogens is 226 g/mol. The molecule has 1 rings (SSSR count). The zero-order valence-electron chi connectivity index (χ0n) is 8.80. The Kier molecular flexibility index (Phi) is 4.85. The van der Waals surface area contributed by atoms with Crippen LogP contribution in [0.3, 0.4) is 0 Å². The first kappa shape index (κ1) is 12.6. The van der Waals surface area contributed by atoms with Gasteiger partial charge >= 0.3 is 0 Å². The van der Waals surface area contributed by atoms with Gasteiger partial charge in [-0.3, -0.25) is 19.4 Å². The average Bonchev–Trinajstić information content (AvgIpc) is 2.30. The van der Waals surface area contributed by atoms with E-state index in [0.717, 1.165) is 10.6 Å². The van der Waals surface area contributed by atoms with Gasteiger partial charge in [0.1, 0.15) is 5.69 Å². The van der Waals surface area contributed by atoms with Crippen LogP contribution in [0.4, 0.5) is 0 Å². The number of Topliss-reactive ketones (excluding diaryl/α,β-unsaturated/α-hetero) is 2. The van der Waals surface area contributed by atoms with E-state index in [-0.39, 0.29) is 12.0 Å². The Morgan fingerprint density at radius 3 is 2.88 bits per heavy atom. The van der Waals surface area contributed by atoms with Crippen molar-refractivity contribution < 1.29 is 14.4 Å². The predicted molar refractivity (Wildman–Crippen MR) is 60.7 cm³/mol. The summed E-state index contributed by atoms with van der Waals surface area (Å²) in [6, 6.07) is 3.51. The topological polar surface area (TPSA) is 64.1 Å². The summed E-state index contributed by atoms with van der Waals surface area (Å²) in [5, 5.41) is 0. The first-order chi connectivity index (χ1) is 7.69. The monoisotopic (exact) mass is 237 g/mol. The van der Waals surface area contributed by atoms with Crippen molar-refractivity contribution in [3.8, 4) is 0 Å². The second-order valence-electron chi connectivity index (χ2n) is 2.97. The maximum Gasteiger partial charge on any atom is 0.202 e. The fraction of sp³-hybridized carbons (Fsp3) is 0.273. The number of hydrogen-bond acceptors (Lipinski definition) is 5. The molecule has 0 radical (unpaired) electrons. The minimum absolute atomic E-state index is 0.160. The zero-order valence-corrected chi connectivity index (χ0v) is 9.62. The second-order valence-corrected chi connectivity index (χ2v) is 4.27. The molecule has 0 aliphatic carbocycles. The molecule has 0 bridgehead atoms. The Morgan fingerprint density at radius 2 is 2.25 bits per heavy atom. The summed E-state index contributed by atoms with van der Waals surface area (Å²) >= 11 is 1.48. The van der Waals surface area contributed by atoms with Crippen molar-refractivity contribution in [2.45, 2.75) is 18.2 Å². The molecule has 0 amide bonds. The van der Waals surface area contributed by atoms with Crippen molar-refractivity contribution in [1.29, 1.82) is 0 Å². The molecule has 0 saturated carbocycles. The second kappa shape index (κ2) is 6.17. The van der Waals surface area contributed by atoms with Gasteiger partial charge in [0, 0.05) is 11.1 Å². The van der Waals surface area contributed by atoms with Crippen LogP contribution in [0.15, 0.2) is 23.2 Å². The molecule has 0 fully saturated rings. The van der Waals surface area contributed by atoms with Gasteiger partial charge in [0.2, 0.25) is 5.78 Å². The van der Waals surface area contributed by atoms with E-state index >= 15 is 0 Å². The van der Waals surface area contributed by atoms with E-state index in [0.29, 0.717) is 0 Å². The molecule has 0 aliphatic rings. The summed E-state index contributed by atoms with van der Waals surface area (Å²) in [4.78, 5) is 37.3. The molecule has 84 valence electrons. The third kappa shape index (κ3) is 3.27. The number of nitrogens with zero attached hydrogens (tertiary/aromatic N) is 1. The molecular formula is C11H11NO3S. The predicted octanol–water partition coefficient (Wildman–Crippen LogP) is 1.53. The van der Waals surface area contributed by atoms with Gasteiger partial charge in [-0.05, 0) is 17.9 Å². The van der Waals surface area contributed by atoms with Crippen molar-refractivity contribution >= 4 is 29.6 Å². The quantitative estimate of drug-likeness (QED) is 0.247. The number of thioether (sulfide) groups is 1. The van der Waals surface area contributed by atoms with Crippen LogP contribution >= 0.6 is 11.8 Å². The van der Waals surface area contributed by atoms with Crippen LogP contribution in [0.1, 0.15) is 23.8 Å². The first-order valence-corrected chi connectivity index (χ1v) is 5.76. The Hall–Kier alpha value is -1.49. The highest BCUT2D eigenvalue weighted by Crippen LogP contribution is 2.21. The van der Waals surface area contributed by atoms with Gasteiger partial charge < -0.3 is 0 Å². The van der Waals surface area contributed by atoms with E-state index in [1.54, 1.807) is 12.1 Å². The molecule has 1 aromatic rings. The first-order valence-electron chi connectivity index (χ1n) is 4.78. The van der Waals surface area contributed by atoms with Crippen molar-refractivity contribution in [3.63, 3.8) is 0 Å². The number of aldehydes is 1. The summed E-state index contributed by atoms with van der Waals surface area (Å²) in [6.45, 7) is 1.96. The number of carbonyl (C=O) groups excluding carboxylic acids is 3. The summed E-state index contributed by atoms with van der Waals surface area (Å²) in [7, 11) is 0. The standard InChI is InChI=1S/C11H11NO3S/c1-2-16-10-4-3-5-12-11(10)9(15)6-8(14)7-13/h3-5,7H,2,6H2,1H3. The van der Waals surface area contributed by atoms with Gasteiger partial charge in [-0.1, -0.05) is 6.92 Å². The molecule has 0 unspecified atom stereocenters. The molecule has 0 saturated heterocycles. The van der Waals surface area contributed by atoms with E-state index in [2.05, 4.69) is 4.98 Å². The molecule has 1 heterocycles. The Labute approximate surface area is 97.4 Å². The molecule has 0 aromatic carbocycles. The molecule has 5 heteroatoms. The molecule has 0 aliphatic heterocycles. The highest BCUT2D eigenvalue weighted by atomic mass is 32.2. The Morgan fingerprint density at radius 1 is 1.50 bits per heavy atom. The maximum atomic E-state index is 11.7. The van der Waals surface area contributed by atoms with Gasteiger partial charge in [0.05, 0.1) is 6.42 Å². The van der Waals surface area contributed by atoms with E-state index < -0.39 is 18.0 Å². The van der Waals surface area contributed by atoms with Crippen LogP contribution in [0.5, 0.6) is 0 Å². The van der Waals surface area contributed by atoms with Crippen molar-refractivity contribution in [2.75, 3.05) is 5.75 Å². The number of pyridine rings is 1. The highest BCUT2D eigenvalue weighted by Gasteiger charge is 2.15. The van der Waals surface area contributed by atoms with E-state index in [4.69, 9.17) is 0 Å². The number of aromatic nitrogens is 1. The van der Waals surface area contributed by atoms with E-state index in [1.165, 1.54) is 18.0 Å². The number of carbonyl (C=O) groups is 3. The largest absolute Gasteiger partial charge is 0.295 e. The smallest absolute Gasteiger partial charge is 0.202 e. The molecule has 0 N–H and O–H groups in total. The van der Waals surface area contributed by atoms with E-state index in [1.807, 2.05) is 6.92 Å². The number of rotatable bonds is 6. The molecule has 16 heavy (non-hydrogen) atoms. The van der Waals surface area contributed by atoms with Crippen LogP contribution in [0.2, 0.25) is 0 Å². The van der Waals surface area contributed by atoms with Gasteiger partial charge in [0.25, 0.3) is 0 Å². The Balaban J connectivity index is 2.89. The SMILES string of the molecule is CCSc1cccnc1C(=O)CC(=O)C=O. The van der Waals surface area contributed by atoms with Crippen molar-refractivity contribution in [3.05, 3.63) is 24.0 Å². The van der Waals surface area contributed by atoms with Gasteiger partial charge in [-0.2, -0.15) is 0 Å². The zero-order chi connectivity index (χ0) is 12.0. The third-order valence-electron chi connectivity index (χ3n) is 1.80.